The molecule has 0 unspecified atom stereocenters. The first-order chi connectivity index (χ1) is 11.6. The number of halogens is 2. The highest BCUT2D eigenvalue weighted by molar-refractivity contribution is 8.01. The van der Waals surface area contributed by atoms with E-state index in [2.05, 4.69) is 27.4 Å². The number of aromatic nitrogens is 2. The fourth-order valence-corrected chi connectivity index (χ4v) is 3.36. The van der Waals surface area contributed by atoms with E-state index in [1.54, 1.807) is 6.08 Å². The molecule has 0 fully saturated rings. The summed E-state index contributed by atoms with van der Waals surface area (Å²) >= 11 is 2.60. The van der Waals surface area contributed by atoms with Crippen LogP contribution in [-0.4, -0.2) is 34.9 Å². The average Bonchev–Trinajstić information content (AvgIpc) is 3.01. The maximum Gasteiger partial charge on any atom is 0.230 e. The molecule has 1 heterocycles. The quantitative estimate of drug-likeness (QED) is 0.525. The van der Waals surface area contributed by atoms with Crippen LogP contribution in [0.1, 0.15) is 5.56 Å². The van der Waals surface area contributed by atoms with Crippen LogP contribution in [0, 0.1) is 11.6 Å². The molecule has 0 saturated carbocycles. The van der Waals surface area contributed by atoms with Gasteiger partial charge in [0.25, 0.3) is 0 Å². The molecule has 2 N–H and O–H groups in total. The number of benzene rings is 1. The van der Waals surface area contributed by atoms with Crippen molar-refractivity contribution in [1.29, 1.82) is 0 Å². The van der Waals surface area contributed by atoms with Gasteiger partial charge in [-0.1, -0.05) is 35.2 Å². The van der Waals surface area contributed by atoms with Crippen molar-refractivity contribution in [2.75, 3.05) is 24.2 Å². The lowest BCUT2D eigenvalue weighted by molar-refractivity contribution is -0.118. The number of amides is 1. The average molecular weight is 370 g/mol. The van der Waals surface area contributed by atoms with Gasteiger partial charge >= 0.3 is 0 Å². The molecule has 0 aliphatic rings. The Bertz CT molecular complexity index is 688. The van der Waals surface area contributed by atoms with E-state index in [9.17, 15) is 13.6 Å². The number of nitrogens with one attached hydrogen (secondary N) is 2. The number of nitrogens with zero attached hydrogens (tertiary/aromatic N) is 2. The van der Waals surface area contributed by atoms with Gasteiger partial charge < -0.3 is 10.6 Å². The zero-order chi connectivity index (χ0) is 17.4. The predicted molar refractivity (Wildman–Crippen MR) is 92.4 cm³/mol. The number of hydrogen-bond acceptors (Lipinski definition) is 6. The van der Waals surface area contributed by atoms with Crippen molar-refractivity contribution in [3.8, 4) is 0 Å². The molecule has 0 aliphatic carbocycles. The van der Waals surface area contributed by atoms with Crippen LogP contribution in [0.2, 0.25) is 0 Å². The summed E-state index contributed by atoms with van der Waals surface area (Å²) < 4.78 is 27.6. The summed E-state index contributed by atoms with van der Waals surface area (Å²) in [4.78, 5) is 11.8. The van der Waals surface area contributed by atoms with Gasteiger partial charge in [0.1, 0.15) is 11.6 Å². The largest absolute Gasteiger partial charge is 0.357 e. The van der Waals surface area contributed by atoms with E-state index in [1.807, 2.05) is 0 Å². The SMILES string of the molecule is C=CCNc1nnc(SCC(=O)NCCc2c(F)cccc2F)s1. The fraction of sp³-hybridized carbons (Fsp3) is 0.267. The Labute approximate surface area is 146 Å². The minimum Gasteiger partial charge on any atom is -0.357 e. The molecule has 0 atom stereocenters. The van der Waals surface area contributed by atoms with Gasteiger partial charge in [-0.2, -0.15) is 0 Å². The molecule has 2 rings (SSSR count). The van der Waals surface area contributed by atoms with Gasteiger partial charge in [-0.05, 0) is 18.6 Å². The van der Waals surface area contributed by atoms with Crippen molar-refractivity contribution in [3.63, 3.8) is 0 Å². The predicted octanol–water partition coefficient (Wildman–Crippen LogP) is 2.87. The number of hydrogen-bond donors (Lipinski definition) is 2. The third kappa shape index (κ3) is 5.57. The van der Waals surface area contributed by atoms with Gasteiger partial charge in [0.2, 0.25) is 11.0 Å². The van der Waals surface area contributed by atoms with Gasteiger partial charge in [-0.3, -0.25) is 4.79 Å². The minimum atomic E-state index is -0.605. The molecular formula is C15H16F2N4OS2. The molecule has 2 aromatic rings. The van der Waals surface area contributed by atoms with Gasteiger partial charge in [0, 0.05) is 18.7 Å². The molecule has 9 heteroatoms. The van der Waals surface area contributed by atoms with Crippen LogP contribution in [0.5, 0.6) is 0 Å². The second-order valence-electron chi connectivity index (χ2n) is 4.63. The van der Waals surface area contributed by atoms with Gasteiger partial charge in [0.05, 0.1) is 5.75 Å². The zero-order valence-electron chi connectivity index (χ0n) is 12.7. The highest BCUT2D eigenvalue weighted by Crippen LogP contribution is 2.25. The highest BCUT2D eigenvalue weighted by atomic mass is 32.2. The Morgan fingerprint density at radius 3 is 2.79 bits per heavy atom. The minimum absolute atomic E-state index is 0.0208. The van der Waals surface area contributed by atoms with E-state index in [1.165, 1.54) is 41.3 Å². The maximum atomic E-state index is 13.5. The summed E-state index contributed by atoms with van der Waals surface area (Å²) in [5.74, 6) is -1.28. The van der Waals surface area contributed by atoms with Crippen molar-refractivity contribution in [2.45, 2.75) is 10.8 Å². The van der Waals surface area contributed by atoms with Crippen LogP contribution in [0.4, 0.5) is 13.9 Å². The van der Waals surface area contributed by atoms with Crippen LogP contribution < -0.4 is 10.6 Å². The van der Waals surface area contributed by atoms with E-state index < -0.39 is 11.6 Å². The van der Waals surface area contributed by atoms with Crippen molar-refractivity contribution >= 4 is 34.1 Å². The summed E-state index contributed by atoms with van der Waals surface area (Å²) in [6.45, 7) is 4.35. The van der Waals surface area contributed by atoms with E-state index in [0.717, 1.165) is 0 Å². The normalized spacial score (nSPS) is 10.4. The molecule has 1 aromatic carbocycles. The molecule has 1 amide bonds. The number of carbonyl (C=O) groups is 1. The summed E-state index contributed by atoms with van der Waals surface area (Å²) in [6.07, 6.45) is 1.81. The first-order valence-corrected chi connectivity index (χ1v) is 8.91. The number of anilines is 1. The van der Waals surface area contributed by atoms with E-state index in [0.29, 0.717) is 16.0 Å². The van der Waals surface area contributed by atoms with Crippen molar-refractivity contribution in [1.82, 2.24) is 15.5 Å². The first kappa shape index (κ1) is 18.3. The van der Waals surface area contributed by atoms with Crippen molar-refractivity contribution in [3.05, 3.63) is 48.1 Å². The Hall–Kier alpha value is -2.00. The van der Waals surface area contributed by atoms with Crippen LogP contribution >= 0.6 is 23.1 Å². The van der Waals surface area contributed by atoms with Crippen LogP contribution in [-0.2, 0) is 11.2 Å². The molecule has 128 valence electrons. The van der Waals surface area contributed by atoms with Crippen LogP contribution in [0.15, 0.2) is 35.2 Å². The summed E-state index contributed by atoms with van der Waals surface area (Å²) in [5, 5.41) is 14.2. The molecule has 0 spiro atoms. The lowest BCUT2D eigenvalue weighted by Crippen LogP contribution is -2.27. The Morgan fingerprint density at radius 1 is 1.33 bits per heavy atom. The van der Waals surface area contributed by atoms with E-state index in [-0.39, 0.29) is 30.2 Å². The van der Waals surface area contributed by atoms with Crippen molar-refractivity contribution in [2.24, 2.45) is 0 Å². The van der Waals surface area contributed by atoms with Gasteiger partial charge in [-0.25, -0.2) is 8.78 Å². The smallest absolute Gasteiger partial charge is 0.230 e. The Balaban J connectivity index is 1.72. The molecular weight excluding hydrogens is 354 g/mol. The lowest BCUT2D eigenvalue weighted by atomic mass is 10.1. The highest BCUT2D eigenvalue weighted by Gasteiger charge is 2.10. The molecule has 0 aliphatic heterocycles. The molecule has 0 bridgehead atoms. The molecule has 24 heavy (non-hydrogen) atoms. The second kappa shape index (κ2) is 9.33. The summed E-state index contributed by atoms with van der Waals surface area (Å²) in [5.41, 5.74) is -0.0208. The molecule has 5 nitrogen and oxygen atoms in total. The maximum absolute atomic E-state index is 13.5. The zero-order valence-corrected chi connectivity index (χ0v) is 14.4. The summed E-state index contributed by atoms with van der Waals surface area (Å²) in [6, 6.07) is 3.71. The molecule has 1 aromatic heterocycles. The van der Waals surface area contributed by atoms with Gasteiger partial charge in [-0.15, -0.1) is 16.8 Å². The third-order valence-electron chi connectivity index (χ3n) is 2.89. The second-order valence-corrected chi connectivity index (χ2v) is 6.83. The van der Waals surface area contributed by atoms with Crippen molar-refractivity contribution < 1.29 is 13.6 Å². The monoisotopic (exact) mass is 370 g/mol. The third-order valence-corrected chi connectivity index (χ3v) is 4.90. The lowest BCUT2D eigenvalue weighted by Gasteiger charge is -2.06. The van der Waals surface area contributed by atoms with Gasteiger partial charge in [0.15, 0.2) is 4.34 Å². The molecule has 0 radical (unpaired) electrons. The first-order valence-electron chi connectivity index (χ1n) is 7.11. The topological polar surface area (TPSA) is 66.9 Å². The van der Waals surface area contributed by atoms with E-state index >= 15 is 0 Å². The summed E-state index contributed by atoms with van der Waals surface area (Å²) in [7, 11) is 0. The standard InChI is InChI=1S/C15H16F2N4OS2/c1-2-7-19-14-20-21-15(24-14)23-9-13(22)18-8-6-10-11(16)4-3-5-12(10)17/h2-5H,1,6-9H2,(H,18,22)(H,19,20). The molecule has 0 saturated heterocycles. The number of thioether (sulfide) groups is 1. The van der Waals surface area contributed by atoms with Crippen LogP contribution in [0.3, 0.4) is 0 Å². The Morgan fingerprint density at radius 2 is 2.08 bits per heavy atom. The number of carbonyl (C=O) groups excluding carboxylic acids is 1. The Kier molecular flexibility index (Phi) is 7.13. The number of rotatable bonds is 9. The fourth-order valence-electron chi connectivity index (χ4n) is 1.78. The van der Waals surface area contributed by atoms with E-state index in [4.69, 9.17) is 0 Å². The van der Waals surface area contributed by atoms with Crippen LogP contribution in [0.25, 0.3) is 0 Å².